The molecule has 1 aliphatic rings. The number of amides is 1. The number of hydrogen-bond acceptors (Lipinski definition) is 6. The van der Waals surface area contributed by atoms with Crippen molar-refractivity contribution >= 4 is 17.7 Å². The van der Waals surface area contributed by atoms with Gasteiger partial charge in [0.05, 0.1) is 17.7 Å². The Labute approximate surface area is 199 Å². The number of halogens is 3. The van der Waals surface area contributed by atoms with Crippen molar-refractivity contribution in [3.05, 3.63) is 28.3 Å². The molecule has 1 heterocycles. The lowest BCUT2D eigenvalue weighted by Gasteiger charge is -2.38. The van der Waals surface area contributed by atoms with E-state index in [4.69, 9.17) is 15.2 Å². The monoisotopic (exact) mass is 487 g/mol. The first kappa shape index (κ1) is 27.8. The van der Waals surface area contributed by atoms with Crippen molar-refractivity contribution in [1.82, 2.24) is 9.80 Å². The van der Waals surface area contributed by atoms with E-state index in [1.165, 1.54) is 4.90 Å². The molecule has 0 bridgehead atoms. The number of likely N-dealkylation sites (N-methyl/N-ethyl adjacent to an activating group) is 1. The van der Waals surface area contributed by atoms with Crippen molar-refractivity contribution in [1.29, 1.82) is 0 Å². The zero-order valence-corrected chi connectivity index (χ0v) is 20.8. The molecule has 1 atom stereocenters. The van der Waals surface area contributed by atoms with Gasteiger partial charge < -0.3 is 20.1 Å². The lowest BCUT2D eigenvalue weighted by molar-refractivity contribution is -0.138. The summed E-state index contributed by atoms with van der Waals surface area (Å²) in [5.74, 6) is -0.872. The highest BCUT2D eigenvalue weighted by molar-refractivity contribution is 5.96. The molecule has 1 fully saturated rings. The summed E-state index contributed by atoms with van der Waals surface area (Å²) in [6, 6.07) is 0.606. The summed E-state index contributed by atoms with van der Waals surface area (Å²) in [4.78, 5) is 28.2. The molecule has 2 N–H and O–H groups in total. The number of benzene rings is 1. The first-order valence-electron chi connectivity index (χ1n) is 11.6. The van der Waals surface area contributed by atoms with Crippen LogP contribution in [0.2, 0.25) is 0 Å². The van der Waals surface area contributed by atoms with E-state index in [0.717, 1.165) is 18.9 Å². The average molecular weight is 488 g/mol. The quantitative estimate of drug-likeness (QED) is 0.456. The molecule has 0 saturated carbocycles. The third kappa shape index (κ3) is 6.77. The molecule has 1 amide bonds. The van der Waals surface area contributed by atoms with Crippen LogP contribution in [0.1, 0.15) is 74.5 Å². The summed E-state index contributed by atoms with van der Waals surface area (Å²) >= 11 is 0. The minimum Gasteiger partial charge on any atom is -0.462 e. The van der Waals surface area contributed by atoms with Gasteiger partial charge in [-0.05, 0) is 70.7 Å². The standard InChI is InChI=1S/C24H36F3N3O4/c1-7-16-18(19(24(25,26)27)12-17(20(16)28)21(31)33-8-2)14-30-11-9-10-15(13-30)29(6)22(32)34-23(3,4)5/h12,15H,7-11,13-14,28H2,1-6H3. The maximum absolute atomic E-state index is 14.1. The van der Waals surface area contributed by atoms with Gasteiger partial charge in [-0.2, -0.15) is 13.2 Å². The maximum atomic E-state index is 14.1. The molecule has 1 unspecified atom stereocenters. The van der Waals surface area contributed by atoms with Gasteiger partial charge in [0.2, 0.25) is 0 Å². The number of esters is 1. The Hall–Kier alpha value is -2.49. The summed E-state index contributed by atoms with van der Waals surface area (Å²) in [6.45, 7) is 9.64. The Morgan fingerprint density at radius 3 is 2.38 bits per heavy atom. The molecule has 34 heavy (non-hydrogen) atoms. The van der Waals surface area contributed by atoms with Crippen LogP contribution in [-0.2, 0) is 28.6 Å². The molecule has 2 rings (SSSR count). The molecule has 1 aromatic rings. The van der Waals surface area contributed by atoms with E-state index in [1.54, 1.807) is 41.7 Å². The van der Waals surface area contributed by atoms with Crippen molar-refractivity contribution in [2.75, 3.05) is 32.5 Å². The summed E-state index contributed by atoms with van der Waals surface area (Å²) in [7, 11) is 1.65. The van der Waals surface area contributed by atoms with E-state index >= 15 is 0 Å². The summed E-state index contributed by atoms with van der Waals surface area (Å²) in [5.41, 5.74) is 4.73. The summed E-state index contributed by atoms with van der Waals surface area (Å²) < 4.78 is 52.6. The molecule has 1 aromatic carbocycles. The Morgan fingerprint density at radius 1 is 1.21 bits per heavy atom. The van der Waals surface area contributed by atoms with Gasteiger partial charge in [0.25, 0.3) is 0 Å². The molecule has 1 aliphatic heterocycles. The molecule has 7 nitrogen and oxygen atoms in total. The highest BCUT2D eigenvalue weighted by atomic mass is 19.4. The first-order chi connectivity index (χ1) is 15.7. The largest absolute Gasteiger partial charge is 0.462 e. The minimum absolute atomic E-state index is 0.00395. The smallest absolute Gasteiger partial charge is 0.416 e. The lowest BCUT2D eigenvalue weighted by Crippen LogP contribution is -2.49. The molecule has 0 aliphatic carbocycles. The van der Waals surface area contributed by atoms with Crippen LogP contribution in [0.3, 0.4) is 0 Å². The maximum Gasteiger partial charge on any atom is 0.416 e. The Bertz CT molecular complexity index is 897. The van der Waals surface area contributed by atoms with Gasteiger partial charge in [0.15, 0.2) is 0 Å². The molecule has 192 valence electrons. The topological polar surface area (TPSA) is 85.1 Å². The molecular weight excluding hydrogens is 451 g/mol. The predicted octanol–water partition coefficient (Wildman–Crippen LogP) is 4.86. The first-order valence-corrected chi connectivity index (χ1v) is 11.6. The molecule has 0 aromatic heterocycles. The van der Waals surface area contributed by atoms with Crippen LogP contribution in [0.5, 0.6) is 0 Å². The van der Waals surface area contributed by atoms with Crippen molar-refractivity contribution in [3.63, 3.8) is 0 Å². The number of ether oxygens (including phenoxy) is 2. The van der Waals surface area contributed by atoms with Gasteiger partial charge in [-0.25, -0.2) is 9.59 Å². The second kappa shape index (κ2) is 10.8. The number of nitrogen functional groups attached to an aromatic ring is 1. The van der Waals surface area contributed by atoms with E-state index in [-0.39, 0.29) is 42.4 Å². The normalized spacial score (nSPS) is 17.4. The van der Waals surface area contributed by atoms with E-state index in [0.29, 0.717) is 18.7 Å². The minimum atomic E-state index is -4.67. The lowest BCUT2D eigenvalue weighted by atomic mass is 9.92. The fourth-order valence-electron chi connectivity index (χ4n) is 4.21. The van der Waals surface area contributed by atoms with E-state index in [2.05, 4.69) is 0 Å². The predicted molar refractivity (Wildman–Crippen MR) is 123 cm³/mol. The fraction of sp³-hybridized carbons (Fsp3) is 0.667. The second-order valence-corrected chi connectivity index (χ2v) is 9.54. The molecule has 0 spiro atoms. The highest BCUT2D eigenvalue weighted by Gasteiger charge is 2.38. The van der Waals surface area contributed by atoms with Crippen LogP contribution >= 0.6 is 0 Å². The zero-order chi connectivity index (χ0) is 25.8. The summed E-state index contributed by atoms with van der Waals surface area (Å²) in [6.07, 6.45) is -3.46. The van der Waals surface area contributed by atoms with Gasteiger partial charge in [-0.1, -0.05) is 6.92 Å². The molecule has 10 heteroatoms. The Kier molecular flexibility index (Phi) is 8.85. The van der Waals surface area contributed by atoms with E-state index in [1.807, 2.05) is 4.90 Å². The molecular formula is C24H36F3N3O4. The number of piperidine rings is 1. The van der Waals surface area contributed by atoms with Gasteiger partial charge in [-0.3, -0.25) is 4.90 Å². The second-order valence-electron chi connectivity index (χ2n) is 9.54. The third-order valence-corrected chi connectivity index (χ3v) is 5.84. The van der Waals surface area contributed by atoms with Crippen molar-refractivity contribution < 1.29 is 32.2 Å². The van der Waals surface area contributed by atoms with Gasteiger partial charge in [-0.15, -0.1) is 0 Å². The van der Waals surface area contributed by atoms with Gasteiger partial charge in [0.1, 0.15) is 5.60 Å². The number of nitrogens with two attached hydrogens (primary N) is 1. The zero-order valence-electron chi connectivity index (χ0n) is 20.8. The van der Waals surface area contributed by atoms with Crippen LogP contribution < -0.4 is 5.73 Å². The number of likely N-dealkylation sites (tertiary alicyclic amines) is 1. The van der Waals surface area contributed by atoms with Crippen LogP contribution in [0.25, 0.3) is 0 Å². The van der Waals surface area contributed by atoms with E-state index < -0.39 is 29.4 Å². The van der Waals surface area contributed by atoms with Crippen LogP contribution in [0, 0.1) is 0 Å². The number of anilines is 1. The van der Waals surface area contributed by atoms with Crippen molar-refractivity contribution in [2.45, 2.75) is 78.2 Å². The number of nitrogens with zero attached hydrogens (tertiary/aromatic N) is 2. The highest BCUT2D eigenvalue weighted by Crippen LogP contribution is 2.39. The fourth-order valence-corrected chi connectivity index (χ4v) is 4.21. The molecule has 1 saturated heterocycles. The number of alkyl halides is 3. The number of carbonyl (C=O) groups excluding carboxylic acids is 2. The average Bonchev–Trinajstić information content (AvgIpc) is 2.71. The van der Waals surface area contributed by atoms with E-state index in [9.17, 15) is 22.8 Å². The van der Waals surface area contributed by atoms with Gasteiger partial charge in [0, 0.05) is 31.9 Å². The number of hydrogen-bond donors (Lipinski definition) is 1. The third-order valence-electron chi connectivity index (χ3n) is 5.84. The van der Waals surface area contributed by atoms with Crippen LogP contribution in [0.15, 0.2) is 6.07 Å². The van der Waals surface area contributed by atoms with Gasteiger partial charge >= 0.3 is 18.2 Å². The molecule has 0 radical (unpaired) electrons. The number of rotatable bonds is 6. The van der Waals surface area contributed by atoms with Crippen molar-refractivity contribution in [2.24, 2.45) is 0 Å². The number of carbonyl (C=O) groups is 2. The Morgan fingerprint density at radius 2 is 1.85 bits per heavy atom. The summed E-state index contributed by atoms with van der Waals surface area (Å²) in [5, 5.41) is 0. The van der Waals surface area contributed by atoms with Crippen LogP contribution in [0.4, 0.5) is 23.7 Å². The van der Waals surface area contributed by atoms with Crippen molar-refractivity contribution in [3.8, 4) is 0 Å². The Balaban J connectivity index is 2.37. The van der Waals surface area contributed by atoms with Crippen LogP contribution in [-0.4, -0.2) is 60.2 Å². The SMILES string of the molecule is CCOC(=O)c1cc(C(F)(F)F)c(CN2CCCC(N(C)C(=O)OC(C)(C)C)C2)c(CC)c1N.